The first-order chi connectivity index (χ1) is 8.61. The molecule has 2 rings (SSSR count). The molecular weight excluding hydrogens is 292 g/mol. The van der Waals surface area contributed by atoms with E-state index >= 15 is 0 Å². The SMILES string of the molecule is CN(c1cccc(O)c1)c1cc(Br)ccc1C#N. The van der Waals surface area contributed by atoms with Gasteiger partial charge in [-0.3, -0.25) is 0 Å². The zero-order valence-electron chi connectivity index (χ0n) is 9.76. The van der Waals surface area contributed by atoms with Crippen molar-refractivity contribution in [1.29, 1.82) is 5.26 Å². The molecule has 0 atom stereocenters. The van der Waals surface area contributed by atoms with Crippen LogP contribution in [-0.4, -0.2) is 12.2 Å². The molecule has 3 nitrogen and oxygen atoms in total. The van der Waals surface area contributed by atoms with Crippen molar-refractivity contribution in [2.45, 2.75) is 0 Å². The number of phenols is 1. The number of aromatic hydroxyl groups is 1. The molecule has 0 amide bonds. The quantitative estimate of drug-likeness (QED) is 0.918. The van der Waals surface area contributed by atoms with Crippen LogP contribution in [0.25, 0.3) is 0 Å². The number of phenolic OH excluding ortho intramolecular Hbond substituents is 1. The van der Waals surface area contributed by atoms with Crippen LogP contribution in [0.3, 0.4) is 0 Å². The van der Waals surface area contributed by atoms with Crippen molar-refractivity contribution in [3.63, 3.8) is 0 Å². The second kappa shape index (κ2) is 5.11. The summed E-state index contributed by atoms with van der Waals surface area (Å²) in [6, 6.07) is 14.6. The topological polar surface area (TPSA) is 47.3 Å². The third-order valence-electron chi connectivity index (χ3n) is 2.66. The van der Waals surface area contributed by atoms with Gasteiger partial charge in [0.1, 0.15) is 11.8 Å². The van der Waals surface area contributed by atoms with Gasteiger partial charge in [0.15, 0.2) is 0 Å². The molecule has 90 valence electrons. The maximum absolute atomic E-state index is 9.49. The fraction of sp³-hybridized carbons (Fsp3) is 0.0714. The molecule has 0 fully saturated rings. The van der Waals surface area contributed by atoms with Gasteiger partial charge in [-0.05, 0) is 30.3 Å². The summed E-state index contributed by atoms with van der Waals surface area (Å²) in [7, 11) is 1.86. The first-order valence-corrected chi connectivity index (χ1v) is 6.13. The molecule has 0 spiro atoms. The highest BCUT2D eigenvalue weighted by atomic mass is 79.9. The van der Waals surface area contributed by atoms with Gasteiger partial charge in [0, 0.05) is 23.3 Å². The third-order valence-corrected chi connectivity index (χ3v) is 3.15. The number of nitriles is 1. The van der Waals surface area contributed by atoms with Crippen LogP contribution in [0.4, 0.5) is 11.4 Å². The molecule has 0 aliphatic heterocycles. The van der Waals surface area contributed by atoms with Crippen molar-refractivity contribution >= 4 is 27.3 Å². The number of nitrogens with zero attached hydrogens (tertiary/aromatic N) is 2. The van der Waals surface area contributed by atoms with E-state index < -0.39 is 0 Å². The van der Waals surface area contributed by atoms with Gasteiger partial charge < -0.3 is 10.0 Å². The molecule has 0 aromatic heterocycles. The minimum absolute atomic E-state index is 0.202. The van der Waals surface area contributed by atoms with Crippen molar-refractivity contribution < 1.29 is 5.11 Å². The van der Waals surface area contributed by atoms with Crippen LogP contribution in [0.2, 0.25) is 0 Å². The average Bonchev–Trinajstić information content (AvgIpc) is 2.38. The monoisotopic (exact) mass is 302 g/mol. The van der Waals surface area contributed by atoms with Crippen molar-refractivity contribution in [2.75, 3.05) is 11.9 Å². The Bertz CT molecular complexity index is 619. The number of benzene rings is 2. The molecule has 0 radical (unpaired) electrons. The Morgan fingerprint density at radius 1 is 1.22 bits per heavy atom. The summed E-state index contributed by atoms with van der Waals surface area (Å²) in [6.45, 7) is 0. The van der Waals surface area contributed by atoms with Crippen LogP contribution >= 0.6 is 15.9 Å². The van der Waals surface area contributed by atoms with Crippen molar-refractivity contribution in [3.05, 3.63) is 52.5 Å². The fourth-order valence-electron chi connectivity index (χ4n) is 1.72. The highest BCUT2D eigenvalue weighted by Crippen LogP contribution is 2.30. The van der Waals surface area contributed by atoms with Gasteiger partial charge >= 0.3 is 0 Å². The first kappa shape index (κ1) is 12.5. The Kier molecular flexibility index (Phi) is 3.54. The molecule has 2 aromatic carbocycles. The van der Waals surface area contributed by atoms with Gasteiger partial charge in [0.2, 0.25) is 0 Å². The van der Waals surface area contributed by atoms with E-state index in [9.17, 15) is 5.11 Å². The number of hydrogen-bond donors (Lipinski definition) is 1. The summed E-state index contributed by atoms with van der Waals surface area (Å²) in [6.07, 6.45) is 0. The van der Waals surface area contributed by atoms with Gasteiger partial charge in [-0.25, -0.2) is 0 Å². The molecule has 1 N–H and O–H groups in total. The molecule has 0 unspecified atom stereocenters. The van der Waals surface area contributed by atoms with Gasteiger partial charge in [-0.2, -0.15) is 5.26 Å². The van der Waals surface area contributed by atoms with Crippen LogP contribution in [-0.2, 0) is 0 Å². The Balaban J connectivity index is 2.49. The molecule has 4 heteroatoms. The number of hydrogen-bond acceptors (Lipinski definition) is 3. The number of halogens is 1. The van der Waals surface area contributed by atoms with E-state index in [1.165, 1.54) is 0 Å². The van der Waals surface area contributed by atoms with Gasteiger partial charge in [0.05, 0.1) is 11.3 Å². The van der Waals surface area contributed by atoms with E-state index in [-0.39, 0.29) is 5.75 Å². The van der Waals surface area contributed by atoms with Crippen LogP contribution in [0.15, 0.2) is 46.9 Å². The lowest BCUT2D eigenvalue weighted by atomic mass is 10.1. The first-order valence-electron chi connectivity index (χ1n) is 5.34. The Morgan fingerprint density at radius 3 is 2.67 bits per heavy atom. The highest BCUT2D eigenvalue weighted by molar-refractivity contribution is 9.10. The summed E-state index contributed by atoms with van der Waals surface area (Å²) >= 11 is 3.40. The molecule has 0 bridgehead atoms. The van der Waals surface area contributed by atoms with E-state index in [0.717, 1.165) is 15.8 Å². The molecule has 18 heavy (non-hydrogen) atoms. The molecule has 0 saturated carbocycles. The molecule has 2 aromatic rings. The molecule has 0 aliphatic rings. The lowest BCUT2D eigenvalue weighted by Gasteiger charge is -2.21. The second-order valence-electron chi connectivity index (χ2n) is 3.85. The number of anilines is 2. The Hall–Kier alpha value is -1.99. The highest BCUT2D eigenvalue weighted by Gasteiger charge is 2.10. The van der Waals surface area contributed by atoms with E-state index in [4.69, 9.17) is 5.26 Å². The van der Waals surface area contributed by atoms with E-state index in [2.05, 4.69) is 22.0 Å². The summed E-state index contributed by atoms with van der Waals surface area (Å²) in [4.78, 5) is 1.86. The van der Waals surface area contributed by atoms with E-state index in [1.807, 2.05) is 30.1 Å². The third kappa shape index (κ3) is 2.47. The van der Waals surface area contributed by atoms with Crippen LogP contribution in [0.1, 0.15) is 5.56 Å². The maximum Gasteiger partial charge on any atom is 0.117 e. The fourth-order valence-corrected chi connectivity index (χ4v) is 2.07. The zero-order chi connectivity index (χ0) is 13.1. The Labute approximate surface area is 114 Å². The standard InChI is InChI=1S/C14H11BrN2O/c1-17(12-3-2-4-13(18)8-12)14-7-11(15)6-5-10(14)9-16/h2-8,18H,1H3. The summed E-state index contributed by atoms with van der Waals surface area (Å²) in [5.41, 5.74) is 2.20. The second-order valence-corrected chi connectivity index (χ2v) is 4.77. The summed E-state index contributed by atoms with van der Waals surface area (Å²) in [5.74, 6) is 0.202. The smallest absolute Gasteiger partial charge is 0.117 e. The molecule has 0 saturated heterocycles. The van der Waals surface area contributed by atoms with Crippen molar-refractivity contribution in [3.8, 4) is 11.8 Å². The number of rotatable bonds is 2. The van der Waals surface area contributed by atoms with Gasteiger partial charge in [-0.15, -0.1) is 0 Å². The largest absolute Gasteiger partial charge is 0.508 e. The maximum atomic E-state index is 9.49. The predicted octanol–water partition coefficient (Wildman–Crippen LogP) is 3.79. The van der Waals surface area contributed by atoms with E-state index in [1.54, 1.807) is 24.3 Å². The van der Waals surface area contributed by atoms with E-state index in [0.29, 0.717) is 5.56 Å². The summed E-state index contributed by atoms with van der Waals surface area (Å²) < 4.78 is 0.906. The lowest BCUT2D eigenvalue weighted by Crippen LogP contribution is -2.10. The van der Waals surface area contributed by atoms with Crippen molar-refractivity contribution in [1.82, 2.24) is 0 Å². The summed E-state index contributed by atoms with van der Waals surface area (Å²) in [5, 5.41) is 18.6. The zero-order valence-corrected chi connectivity index (χ0v) is 11.3. The Morgan fingerprint density at radius 2 is 2.00 bits per heavy atom. The molecule has 0 aliphatic carbocycles. The average molecular weight is 303 g/mol. The van der Waals surface area contributed by atoms with Crippen LogP contribution < -0.4 is 4.90 Å². The minimum Gasteiger partial charge on any atom is -0.508 e. The van der Waals surface area contributed by atoms with Crippen molar-refractivity contribution in [2.24, 2.45) is 0 Å². The van der Waals surface area contributed by atoms with Crippen LogP contribution in [0, 0.1) is 11.3 Å². The predicted molar refractivity (Wildman–Crippen MR) is 75.0 cm³/mol. The normalized spacial score (nSPS) is 9.83. The van der Waals surface area contributed by atoms with Gasteiger partial charge in [-0.1, -0.05) is 22.0 Å². The van der Waals surface area contributed by atoms with Gasteiger partial charge in [0.25, 0.3) is 0 Å². The lowest BCUT2D eigenvalue weighted by molar-refractivity contribution is 0.475. The minimum atomic E-state index is 0.202. The van der Waals surface area contributed by atoms with Crippen LogP contribution in [0.5, 0.6) is 5.75 Å². The molecule has 0 heterocycles. The molecular formula is C14H11BrN2O.